The Hall–Kier alpha value is -1.58. The molecule has 20 heavy (non-hydrogen) atoms. The molecule has 0 bridgehead atoms. The lowest BCUT2D eigenvalue weighted by molar-refractivity contribution is 0.153. The number of rotatable bonds is 2. The summed E-state index contributed by atoms with van der Waals surface area (Å²) in [7, 11) is 0. The smallest absolute Gasteiger partial charge is 0.318 e. The number of hydrogen-bond donors (Lipinski definition) is 1. The number of hydrogen-bond acceptors (Lipinski definition) is 1. The lowest BCUT2D eigenvalue weighted by atomic mass is 10.0. The van der Waals surface area contributed by atoms with E-state index in [0.29, 0.717) is 6.04 Å². The number of amides is 2. The highest BCUT2D eigenvalue weighted by Crippen LogP contribution is 2.45. The summed E-state index contributed by atoms with van der Waals surface area (Å²) in [5.74, 6) is -0.236. The van der Waals surface area contributed by atoms with Crippen molar-refractivity contribution < 1.29 is 9.18 Å². The number of carbonyl (C=O) groups excluding carboxylic acids is 1. The number of carbonyl (C=O) groups is 1. The first-order chi connectivity index (χ1) is 9.61. The second-order valence-electron chi connectivity index (χ2n) is 6.06. The van der Waals surface area contributed by atoms with Gasteiger partial charge in [0.25, 0.3) is 0 Å². The first kappa shape index (κ1) is 13.4. The van der Waals surface area contributed by atoms with Crippen LogP contribution in [0.5, 0.6) is 0 Å². The molecule has 1 aliphatic carbocycles. The third-order valence-electron chi connectivity index (χ3n) is 4.56. The molecule has 3 rings (SSSR count). The van der Waals surface area contributed by atoms with Crippen molar-refractivity contribution in [2.45, 2.75) is 50.6 Å². The van der Waals surface area contributed by atoms with Crippen LogP contribution in [0.3, 0.4) is 0 Å². The summed E-state index contributed by atoms with van der Waals surface area (Å²) in [4.78, 5) is 14.4. The molecule has 1 N–H and O–H groups in total. The molecule has 108 valence electrons. The molecule has 1 unspecified atom stereocenters. The average molecular weight is 276 g/mol. The summed E-state index contributed by atoms with van der Waals surface area (Å²) in [6, 6.07) is 6.83. The van der Waals surface area contributed by atoms with Crippen LogP contribution in [0.25, 0.3) is 0 Å². The second kappa shape index (κ2) is 5.08. The first-order valence-corrected chi connectivity index (χ1v) is 7.46. The molecule has 2 aliphatic rings. The number of benzene rings is 1. The number of urea groups is 1. The van der Waals surface area contributed by atoms with E-state index >= 15 is 0 Å². The van der Waals surface area contributed by atoms with Crippen LogP contribution in [0.4, 0.5) is 9.18 Å². The number of nitrogens with zero attached hydrogens (tertiary/aromatic N) is 1. The minimum absolute atomic E-state index is 0.0269. The van der Waals surface area contributed by atoms with E-state index in [2.05, 4.69) is 12.2 Å². The summed E-state index contributed by atoms with van der Waals surface area (Å²) in [6.45, 7) is 2.95. The summed E-state index contributed by atoms with van der Waals surface area (Å²) >= 11 is 0. The van der Waals surface area contributed by atoms with Gasteiger partial charge in [-0.05, 0) is 56.7 Å². The molecule has 2 amide bonds. The van der Waals surface area contributed by atoms with Crippen molar-refractivity contribution in [2.75, 3.05) is 6.54 Å². The number of likely N-dealkylation sites (tertiary alicyclic amines) is 1. The Morgan fingerprint density at radius 1 is 1.30 bits per heavy atom. The maximum absolute atomic E-state index is 13.0. The summed E-state index contributed by atoms with van der Waals surface area (Å²) in [5, 5.41) is 3.17. The van der Waals surface area contributed by atoms with E-state index < -0.39 is 0 Å². The third-order valence-corrected chi connectivity index (χ3v) is 4.56. The largest absolute Gasteiger partial charge is 0.328 e. The van der Waals surface area contributed by atoms with Gasteiger partial charge in [0.1, 0.15) is 5.82 Å². The van der Waals surface area contributed by atoms with Gasteiger partial charge in [-0.3, -0.25) is 0 Å². The molecule has 1 saturated heterocycles. The van der Waals surface area contributed by atoms with E-state index in [1.54, 1.807) is 12.1 Å². The van der Waals surface area contributed by atoms with Gasteiger partial charge in [0.2, 0.25) is 0 Å². The normalized spacial score (nSPS) is 24.3. The molecular formula is C16H21FN2O. The van der Waals surface area contributed by atoms with Crippen molar-refractivity contribution in [1.29, 1.82) is 0 Å². The van der Waals surface area contributed by atoms with E-state index in [1.165, 1.54) is 18.6 Å². The Morgan fingerprint density at radius 2 is 2.00 bits per heavy atom. The Kier molecular flexibility index (Phi) is 3.40. The van der Waals surface area contributed by atoms with Gasteiger partial charge in [-0.25, -0.2) is 9.18 Å². The molecule has 4 heteroatoms. The minimum Gasteiger partial charge on any atom is -0.328 e. The molecule has 3 nitrogen and oxygen atoms in total. The summed E-state index contributed by atoms with van der Waals surface area (Å²) < 4.78 is 13.0. The third kappa shape index (κ3) is 2.51. The standard InChI is InChI=1S/C16H21FN2O/c1-12-4-2-3-11-19(12)15(20)18-16(9-10-16)13-5-7-14(17)8-6-13/h5-8,12H,2-4,9-11H2,1H3,(H,18,20). The fourth-order valence-electron chi connectivity index (χ4n) is 3.06. The topological polar surface area (TPSA) is 32.3 Å². The van der Waals surface area contributed by atoms with Gasteiger partial charge in [0.15, 0.2) is 0 Å². The van der Waals surface area contributed by atoms with Crippen molar-refractivity contribution >= 4 is 6.03 Å². The molecule has 0 aromatic heterocycles. The molecule has 2 fully saturated rings. The van der Waals surface area contributed by atoms with Crippen molar-refractivity contribution in [2.24, 2.45) is 0 Å². The van der Waals surface area contributed by atoms with E-state index in [4.69, 9.17) is 0 Å². The van der Waals surface area contributed by atoms with Crippen LogP contribution in [-0.4, -0.2) is 23.5 Å². The highest BCUT2D eigenvalue weighted by Gasteiger charge is 2.46. The molecule has 1 aromatic carbocycles. The van der Waals surface area contributed by atoms with Crippen molar-refractivity contribution in [3.8, 4) is 0 Å². The predicted molar refractivity (Wildman–Crippen MR) is 75.9 cm³/mol. The Balaban J connectivity index is 1.70. The van der Waals surface area contributed by atoms with Crippen LogP contribution in [0, 0.1) is 5.82 Å². The van der Waals surface area contributed by atoms with Gasteiger partial charge in [0, 0.05) is 12.6 Å². The lowest BCUT2D eigenvalue weighted by Gasteiger charge is -2.35. The molecule has 1 heterocycles. The van der Waals surface area contributed by atoms with E-state index in [1.807, 2.05) is 4.90 Å². The fourth-order valence-corrected chi connectivity index (χ4v) is 3.06. The first-order valence-electron chi connectivity index (χ1n) is 7.46. The number of halogens is 1. The highest BCUT2D eigenvalue weighted by molar-refractivity contribution is 5.76. The van der Waals surface area contributed by atoms with Gasteiger partial charge in [-0.2, -0.15) is 0 Å². The predicted octanol–water partition coefficient (Wildman–Crippen LogP) is 3.40. The monoisotopic (exact) mass is 276 g/mol. The Morgan fingerprint density at radius 3 is 2.60 bits per heavy atom. The fraction of sp³-hybridized carbons (Fsp3) is 0.562. The Bertz CT molecular complexity index is 496. The molecule has 1 aromatic rings. The number of piperidine rings is 1. The molecule has 1 aliphatic heterocycles. The molecular weight excluding hydrogens is 255 g/mol. The number of nitrogens with one attached hydrogen (secondary N) is 1. The van der Waals surface area contributed by atoms with Crippen LogP contribution in [0.15, 0.2) is 24.3 Å². The second-order valence-corrected chi connectivity index (χ2v) is 6.06. The van der Waals surface area contributed by atoms with Gasteiger partial charge < -0.3 is 10.2 Å². The highest BCUT2D eigenvalue weighted by atomic mass is 19.1. The SMILES string of the molecule is CC1CCCCN1C(=O)NC1(c2ccc(F)cc2)CC1. The van der Waals surface area contributed by atoms with E-state index in [-0.39, 0.29) is 17.4 Å². The molecule has 0 spiro atoms. The zero-order chi connectivity index (χ0) is 14.2. The van der Waals surface area contributed by atoms with Crippen molar-refractivity contribution in [3.05, 3.63) is 35.6 Å². The Labute approximate surface area is 119 Å². The lowest BCUT2D eigenvalue weighted by Crippen LogP contribution is -2.50. The van der Waals surface area contributed by atoms with E-state index in [0.717, 1.165) is 37.8 Å². The maximum Gasteiger partial charge on any atom is 0.318 e. The zero-order valence-corrected chi connectivity index (χ0v) is 11.9. The van der Waals surface area contributed by atoms with Gasteiger partial charge in [0.05, 0.1) is 5.54 Å². The molecule has 0 radical (unpaired) electrons. The van der Waals surface area contributed by atoms with Gasteiger partial charge in [-0.1, -0.05) is 12.1 Å². The summed E-state index contributed by atoms with van der Waals surface area (Å²) in [6.07, 6.45) is 5.24. The van der Waals surface area contributed by atoms with E-state index in [9.17, 15) is 9.18 Å². The van der Waals surface area contributed by atoms with Crippen LogP contribution in [0.2, 0.25) is 0 Å². The average Bonchev–Trinajstić information content (AvgIpc) is 3.20. The summed E-state index contributed by atoms with van der Waals surface area (Å²) in [5.41, 5.74) is 0.749. The van der Waals surface area contributed by atoms with Crippen LogP contribution >= 0.6 is 0 Å². The molecule has 1 saturated carbocycles. The van der Waals surface area contributed by atoms with Crippen molar-refractivity contribution in [1.82, 2.24) is 10.2 Å². The zero-order valence-electron chi connectivity index (χ0n) is 11.9. The van der Waals surface area contributed by atoms with Gasteiger partial charge >= 0.3 is 6.03 Å². The van der Waals surface area contributed by atoms with Crippen LogP contribution < -0.4 is 5.32 Å². The van der Waals surface area contributed by atoms with Crippen LogP contribution in [0.1, 0.15) is 44.6 Å². The maximum atomic E-state index is 13.0. The van der Waals surface area contributed by atoms with Crippen LogP contribution in [-0.2, 0) is 5.54 Å². The van der Waals surface area contributed by atoms with Crippen molar-refractivity contribution in [3.63, 3.8) is 0 Å². The minimum atomic E-state index is -0.262. The van der Waals surface area contributed by atoms with Gasteiger partial charge in [-0.15, -0.1) is 0 Å². The quantitative estimate of drug-likeness (QED) is 0.882. The molecule has 1 atom stereocenters.